The molecule has 0 radical (unpaired) electrons. The molecule has 3 nitrogen and oxygen atoms in total. The number of piperidine rings is 2. The van der Waals surface area contributed by atoms with Crippen molar-refractivity contribution in [3.8, 4) is 0 Å². The van der Waals surface area contributed by atoms with Gasteiger partial charge in [0.1, 0.15) is 0 Å². The summed E-state index contributed by atoms with van der Waals surface area (Å²) in [5, 5.41) is 9.39. The number of aliphatic hydroxyl groups is 1. The average molecular weight is 155 g/mol. The first-order chi connectivity index (χ1) is 5.18. The number of hydrogen-bond donors (Lipinski definition) is 1. The lowest BCUT2D eigenvalue weighted by Gasteiger charge is -2.50. The van der Waals surface area contributed by atoms with Crippen LogP contribution in [0.4, 0.5) is 0 Å². The molecule has 3 fully saturated rings. The summed E-state index contributed by atoms with van der Waals surface area (Å²) in [6.45, 7) is 3.14. The molecular formula is C8H13NO2. The van der Waals surface area contributed by atoms with Gasteiger partial charge in [-0.3, -0.25) is 4.79 Å². The van der Waals surface area contributed by atoms with Crippen LogP contribution in [0, 0.1) is 11.8 Å². The van der Waals surface area contributed by atoms with E-state index in [0.29, 0.717) is 11.8 Å². The van der Waals surface area contributed by atoms with Gasteiger partial charge >= 0.3 is 0 Å². The number of aliphatic hydroxyl groups excluding tert-OH is 1. The van der Waals surface area contributed by atoms with Gasteiger partial charge in [0.2, 0.25) is 5.91 Å². The lowest BCUT2D eigenvalue weighted by molar-refractivity contribution is -0.148. The highest BCUT2D eigenvalue weighted by atomic mass is 16.3. The summed E-state index contributed by atoms with van der Waals surface area (Å²) in [7, 11) is 0. The normalized spacial score (nSPS) is 41.6. The number of nitrogens with zero attached hydrogens (tertiary/aromatic N) is 1. The van der Waals surface area contributed by atoms with E-state index in [-0.39, 0.29) is 12.0 Å². The third kappa shape index (κ3) is 0.948. The van der Waals surface area contributed by atoms with E-state index < -0.39 is 0 Å². The molecule has 2 saturated heterocycles. The maximum absolute atomic E-state index is 10.9. The van der Waals surface area contributed by atoms with E-state index in [2.05, 4.69) is 0 Å². The average Bonchev–Trinajstić information content (AvgIpc) is 2.03. The standard InChI is InChI=1S/C8H13NO2/c1-5(10)9-3-6-2-7(4-9)8(6)11/h6-8,11H,2-4H2,1H3/t6-,7+,8?. The third-order valence-electron chi connectivity index (χ3n) is 2.93. The zero-order valence-corrected chi connectivity index (χ0v) is 6.66. The van der Waals surface area contributed by atoms with E-state index in [1.165, 1.54) is 0 Å². The molecule has 0 aromatic heterocycles. The summed E-state index contributed by atoms with van der Waals surface area (Å²) in [6, 6.07) is 0. The van der Waals surface area contributed by atoms with E-state index in [1.807, 2.05) is 4.90 Å². The largest absolute Gasteiger partial charge is 0.392 e. The predicted octanol–water partition coefficient (Wildman–Crippen LogP) is -0.155. The Kier molecular flexibility index (Phi) is 1.42. The minimum atomic E-state index is -0.120. The van der Waals surface area contributed by atoms with Gasteiger partial charge in [0.15, 0.2) is 0 Å². The molecule has 0 aromatic carbocycles. The molecule has 1 unspecified atom stereocenters. The van der Waals surface area contributed by atoms with Crippen molar-refractivity contribution in [3.63, 3.8) is 0 Å². The van der Waals surface area contributed by atoms with Crippen molar-refractivity contribution in [1.82, 2.24) is 4.90 Å². The molecule has 62 valence electrons. The quantitative estimate of drug-likeness (QED) is 0.528. The zero-order valence-electron chi connectivity index (χ0n) is 6.66. The Hall–Kier alpha value is -0.570. The van der Waals surface area contributed by atoms with Gasteiger partial charge in [-0.25, -0.2) is 0 Å². The van der Waals surface area contributed by atoms with Crippen LogP contribution >= 0.6 is 0 Å². The van der Waals surface area contributed by atoms with Crippen LogP contribution in [-0.4, -0.2) is 35.1 Å². The van der Waals surface area contributed by atoms with Crippen LogP contribution in [0.5, 0.6) is 0 Å². The fraction of sp³-hybridized carbons (Fsp3) is 0.875. The Morgan fingerprint density at radius 2 is 2.00 bits per heavy atom. The molecule has 0 aromatic rings. The molecule has 2 heterocycles. The second-order valence-electron chi connectivity index (χ2n) is 3.67. The Balaban J connectivity index is 1.99. The van der Waals surface area contributed by atoms with Gasteiger partial charge in [0.25, 0.3) is 0 Å². The summed E-state index contributed by atoms with van der Waals surface area (Å²) in [5.74, 6) is 0.891. The summed E-state index contributed by atoms with van der Waals surface area (Å²) in [5.41, 5.74) is 0. The highest BCUT2D eigenvalue weighted by Gasteiger charge is 2.46. The van der Waals surface area contributed by atoms with Crippen molar-refractivity contribution < 1.29 is 9.90 Å². The molecule has 0 spiro atoms. The smallest absolute Gasteiger partial charge is 0.219 e. The molecule has 1 aliphatic carbocycles. The summed E-state index contributed by atoms with van der Waals surface area (Å²) < 4.78 is 0. The molecule has 3 heteroatoms. The van der Waals surface area contributed by atoms with Crippen molar-refractivity contribution >= 4 is 5.91 Å². The number of carbonyl (C=O) groups is 1. The lowest BCUT2D eigenvalue weighted by atomic mass is 9.68. The number of amides is 1. The van der Waals surface area contributed by atoms with Crippen molar-refractivity contribution in [2.45, 2.75) is 19.4 Å². The Morgan fingerprint density at radius 1 is 1.45 bits per heavy atom. The van der Waals surface area contributed by atoms with Crippen molar-refractivity contribution in [2.24, 2.45) is 11.8 Å². The molecule has 3 rings (SSSR count). The third-order valence-corrected chi connectivity index (χ3v) is 2.93. The maximum Gasteiger partial charge on any atom is 0.219 e. The van der Waals surface area contributed by atoms with Gasteiger partial charge in [0, 0.05) is 31.8 Å². The second kappa shape index (κ2) is 2.21. The van der Waals surface area contributed by atoms with Crippen LogP contribution in [0.25, 0.3) is 0 Å². The predicted molar refractivity (Wildman–Crippen MR) is 39.9 cm³/mol. The summed E-state index contributed by atoms with van der Waals surface area (Å²) >= 11 is 0. The fourth-order valence-electron chi connectivity index (χ4n) is 2.12. The van der Waals surface area contributed by atoms with Gasteiger partial charge < -0.3 is 10.0 Å². The van der Waals surface area contributed by atoms with E-state index in [0.717, 1.165) is 19.5 Å². The Labute approximate surface area is 66.0 Å². The molecule has 11 heavy (non-hydrogen) atoms. The van der Waals surface area contributed by atoms with Gasteiger partial charge in [-0.05, 0) is 6.42 Å². The van der Waals surface area contributed by atoms with Crippen LogP contribution in [0.1, 0.15) is 13.3 Å². The maximum atomic E-state index is 10.9. The summed E-state index contributed by atoms with van der Waals surface area (Å²) in [6.07, 6.45) is 0.996. The minimum absolute atomic E-state index is 0.120. The van der Waals surface area contributed by atoms with Crippen LogP contribution < -0.4 is 0 Å². The second-order valence-corrected chi connectivity index (χ2v) is 3.67. The first-order valence-electron chi connectivity index (χ1n) is 4.12. The van der Waals surface area contributed by atoms with Crippen LogP contribution in [0.2, 0.25) is 0 Å². The minimum Gasteiger partial charge on any atom is -0.392 e. The summed E-state index contributed by atoms with van der Waals surface area (Å²) in [4.78, 5) is 12.8. The highest BCUT2D eigenvalue weighted by molar-refractivity contribution is 5.73. The molecule has 3 aliphatic rings. The zero-order chi connectivity index (χ0) is 8.01. The molecular weight excluding hydrogens is 142 g/mol. The van der Waals surface area contributed by atoms with Crippen molar-refractivity contribution in [3.05, 3.63) is 0 Å². The van der Waals surface area contributed by atoms with Crippen LogP contribution in [0.15, 0.2) is 0 Å². The van der Waals surface area contributed by atoms with Crippen molar-refractivity contribution in [2.75, 3.05) is 13.1 Å². The van der Waals surface area contributed by atoms with Crippen molar-refractivity contribution in [1.29, 1.82) is 0 Å². The fourth-order valence-corrected chi connectivity index (χ4v) is 2.12. The van der Waals surface area contributed by atoms with E-state index >= 15 is 0 Å². The number of rotatable bonds is 0. The monoisotopic (exact) mass is 155 g/mol. The van der Waals surface area contributed by atoms with E-state index in [9.17, 15) is 9.90 Å². The topological polar surface area (TPSA) is 40.5 Å². The van der Waals surface area contributed by atoms with E-state index in [1.54, 1.807) is 6.92 Å². The van der Waals surface area contributed by atoms with Gasteiger partial charge in [0.05, 0.1) is 6.10 Å². The molecule has 1 amide bonds. The SMILES string of the molecule is CC(=O)N1C[C@H]2C[C@@H](C1)C2O. The Bertz CT molecular complexity index is 181. The first kappa shape index (κ1) is 7.10. The molecule has 3 atom stereocenters. The van der Waals surface area contributed by atoms with Gasteiger partial charge in [-0.15, -0.1) is 0 Å². The highest BCUT2D eigenvalue weighted by Crippen LogP contribution is 2.39. The lowest BCUT2D eigenvalue weighted by Crippen LogP contribution is -2.59. The number of carbonyl (C=O) groups excluding carboxylic acids is 1. The van der Waals surface area contributed by atoms with Gasteiger partial charge in [-0.2, -0.15) is 0 Å². The van der Waals surface area contributed by atoms with Crippen LogP contribution in [0.3, 0.4) is 0 Å². The molecule has 1 N–H and O–H groups in total. The molecule has 2 aliphatic heterocycles. The van der Waals surface area contributed by atoms with Crippen LogP contribution in [-0.2, 0) is 4.79 Å². The Morgan fingerprint density at radius 3 is 2.36 bits per heavy atom. The number of fused-ring (bicyclic) bond motifs is 2. The van der Waals surface area contributed by atoms with Gasteiger partial charge in [-0.1, -0.05) is 0 Å². The first-order valence-corrected chi connectivity index (χ1v) is 4.12. The molecule has 1 saturated carbocycles. The number of hydrogen-bond acceptors (Lipinski definition) is 2. The van der Waals surface area contributed by atoms with E-state index in [4.69, 9.17) is 0 Å². The molecule has 2 bridgehead atoms.